The first-order valence-electron chi connectivity index (χ1n) is 6.89. The highest BCUT2D eigenvalue weighted by molar-refractivity contribution is 5.29. The van der Waals surface area contributed by atoms with E-state index in [1.807, 2.05) is 0 Å². The summed E-state index contributed by atoms with van der Waals surface area (Å²) in [6.45, 7) is 11.8. The molecule has 1 aliphatic rings. The predicted molar refractivity (Wildman–Crippen MR) is 74.7 cm³/mol. The molecule has 0 spiro atoms. The molecule has 0 aromatic carbocycles. The Morgan fingerprint density at radius 1 is 1.11 bits per heavy atom. The zero-order valence-corrected chi connectivity index (χ0v) is 12.1. The highest BCUT2D eigenvalue weighted by Crippen LogP contribution is 2.19. The van der Waals surface area contributed by atoms with E-state index in [0.29, 0.717) is 11.4 Å². The Morgan fingerprint density at radius 3 is 2.21 bits per heavy atom. The van der Waals surface area contributed by atoms with Gasteiger partial charge in [0.2, 0.25) is 5.95 Å². The number of anilines is 1. The Balaban J connectivity index is 1.81. The van der Waals surface area contributed by atoms with Gasteiger partial charge in [-0.05, 0) is 18.4 Å². The number of hydrogen-bond acceptors (Lipinski definition) is 4. The topological polar surface area (TPSA) is 32.3 Å². The minimum absolute atomic E-state index is 0.382. The second kappa shape index (κ2) is 5.82. The summed E-state index contributed by atoms with van der Waals surface area (Å²) in [5, 5.41) is 0. The van der Waals surface area contributed by atoms with Crippen LogP contribution in [0.5, 0.6) is 0 Å². The number of halogens is 1. The van der Waals surface area contributed by atoms with Crippen LogP contribution >= 0.6 is 0 Å². The lowest BCUT2D eigenvalue weighted by Gasteiger charge is -2.35. The van der Waals surface area contributed by atoms with Crippen molar-refractivity contribution in [3.05, 3.63) is 18.2 Å². The molecule has 0 saturated carbocycles. The van der Waals surface area contributed by atoms with Gasteiger partial charge in [0.25, 0.3) is 0 Å². The minimum Gasteiger partial charge on any atom is -0.338 e. The number of hydrogen-bond donors (Lipinski definition) is 0. The standard InChI is InChI=1S/C14H23FN4/c1-14(2,3)4-5-18-6-8-19(9-7-18)13-16-10-12(15)11-17-13/h10-11H,4-9H2,1-3H3. The number of nitrogens with zero attached hydrogens (tertiary/aromatic N) is 4. The summed E-state index contributed by atoms with van der Waals surface area (Å²) in [6.07, 6.45) is 3.67. The van der Waals surface area contributed by atoms with Crippen molar-refractivity contribution < 1.29 is 4.39 Å². The fourth-order valence-corrected chi connectivity index (χ4v) is 2.13. The summed E-state index contributed by atoms with van der Waals surface area (Å²) < 4.78 is 12.8. The van der Waals surface area contributed by atoms with E-state index in [0.717, 1.165) is 32.7 Å². The molecule has 1 aromatic heterocycles. The van der Waals surface area contributed by atoms with Gasteiger partial charge >= 0.3 is 0 Å². The van der Waals surface area contributed by atoms with Crippen molar-refractivity contribution >= 4 is 5.95 Å². The molecule has 1 aliphatic heterocycles. The van der Waals surface area contributed by atoms with Crippen LogP contribution in [0.2, 0.25) is 0 Å². The first kappa shape index (κ1) is 14.2. The van der Waals surface area contributed by atoms with Crippen LogP contribution in [-0.2, 0) is 0 Å². The van der Waals surface area contributed by atoms with Gasteiger partial charge < -0.3 is 4.90 Å². The second-order valence-corrected chi connectivity index (χ2v) is 6.34. The maximum absolute atomic E-state index is 12.8. The van der Waals surface area contributed by atoms with Gasteiger partial charge in [-0.1, -0.05) is 20.8 Å². The van der Waals surface area contributed by atoms with E-state index in [9.17, 15) is 4.39 Å². The summed E-state index contributed by atoms with van der Waals surface area (Å²) in [5.41, 5.74) is 0.386. The molecule has 1 aromatic rings. The third-order valence-electron chi connectivity index (χ3n) is 3.44. The Kier molecular flexibility index (Phi) is 4.34. The Labute approximate surface area is 114 Å². The highest BCUT2D eigenvalue weighted by atomic mass is 19.1. The van der Waals surface area contributed by atoms with Crippen molar-refractivity contribution in [3.8, 4) is 0 Å². The molecule has 106 valence electrons. The molecule has 2 rings (SSSR count). The van der Waals surface area contributed by atoms with E-state index in [4.69, 9.17) is 0 Å². The lowest BCUT2D eigenvalue weighted by Crippen LogP contribution is -2.47. The lowest BCUT2D eigenvalue weighted by molar-refractivity contribution is 0.216. The average Bonchev–Trinajstić information content (AvgIpc) is 2.37. The van der Waals surface area contributed by atoms with Crippen LogP contribution in [0, 0.1) is 11.2 Å². The summed E-state index contributed by atoms with van der Waals surface area (Å²) in [4.78, 5) is 12.7. The molecule has 0 unspecified atom stereocenters. The fourth-order valence-electron chi connectivity index (χ4n) is 2.13. The second-order valence-electron chi connectivity index (χ2n) is 6.34. The molecule has 0 N–H and O–H groups in total. The van der Waals surface area contributed by atoms with Crippen molar-refractivity contribution in [1.29, 1.82) is 0 Å². The number of aromatic nitrogens is 2. The first-order chi connectivity index (χ1) is 8.94. The maximum atomic E-state index is 12.8. The van der Waals surface area contributed by atoms with Crippen LogP contribution in [0.4, 0.5) is 10.3 Å². The van der Waals surface area contributed by atoms with E-state index in [2.05, 4.69) is 40.5 Å². The van der Waals surface area contributed by atoms with Crippen LogP contribution in [0.3, 0.4) is 0 Å². The van der Waals surface area contributed by atoms with Gasteiger partial charge in [0.15, 0.2) is 5.82 Å². The van der Waals surface area contributed by atoms with Gasteiger partial charge in [0.05, 0.1) is 12.4 Å². The SMILES string of the molecule is CC(C)(C)CCN1CCN(c2ncc(F)cn2)CC1. The molecule has 0 atom stereocenters. The molecule has 0 amide bonds. The van der Waals surface area contributed by atoms with E-state index in [1.54, 1.807) is 0 Å². The van der Waals surface area contributed by atoms with Gasteiger partial charge in [-0.3, -0.25) is 4.90 Å². The van der Waals surface area contributed by atoms with Gasteiger partial charge in [-0.15, -0.1) is 0 Å². The average molecular weight is 266 g/mol. The number of rotatable bonds is 3. The van der Waals surface area contributed by atoms with Crippen molar-refractivity contribution in [3.63, 3.8) is 0 Å². The molecule has 0 bridgehead atoms. The van der Waals surface area contributed by atoms with Crippen molar-refractivity contribution in [1.82, 2.24) is 14.9 Å². The van der Waals surface area contributed by atoms with Crippen molar-refractivity contribution in [2.24, 2.45) is 5.41 Å². The third kappa shape index (κ3) is 4.42. The Morgan fingerprint density at radius 2 is 1.68 bits per heavy atom. The van der Waals surface area contributed by atoms with Crippen LogP contribution in [0.25, 0.3) is 0 Å². The normalized spacial score (nSPS) is 17.8. The van der Waals surface area contributed by atoms with Gasteiger partial charge in [0, 0.05) is 26.2 Å². The van der Waals surface area contributed by atoms with Crippen LogP contribution in [-0.4, -0.2) is 47.6 Å². The highest BCUT2D eigenvalue weighted by Gasteiger charge is 2.20. The monoisotopic (exact) mass is 266 g/mol. The molecular weight excluding hydrogens is 243 g/mol. The lowest BCUT2D eigenvalue weighted by atomic mass is 9.92. The molecule has 0 aliphatic carbocycles. The summed E-state index contributed by atoms with van der Waals surface area (Å²) in [6, 6.07) is 0. The van der Waals surface area contributed by atoms with Crippen molar-refractivity contribution in [2.75, 3.05) is 37.6 Å². The minimum atomic E-state index is -0.382. The molecule has 0 radical (unpaired) electrons. The summed E-state index contributed by atoms with van der Waals surface area (Å²) in [7, 11) is 0. The van der Waals surface area contributed by atoms with Gasteiger partial charge in [0.1, 0.15) is 0 Å². The quantitative estimate of drug-likeness (QED) is 0.839. The zero-order chi connectivity index (χ0) is 13.9. The molecule has 1 saturated heterocycles. The summed E-state index contributed by atoms with van der Waals surface area (Å²) >= 11 is 0. The summed E-state index contributed by atoms with van der Waals surface area (Å²) in [5.74, 6) is 0.254. The van der Waals surface area contributed by atoms with Gasteiger partial charge in [-0.25, -0.2) is 14.4 Å². The molecular formula is C14H23FN4. The molecule has 1 fully saturated rings. The largest absolute Gasteiger partial charge is 0.338 e. The smallest absolute Gasteiger partial charge is 0.225 e. The van der Waals surface area contributed by atoms with E-state index in [-0.39, 0.29) is 5.82 Å². The maximum Gasteiger partial charge on any atom is 0.225 e. The third-order valence-corrected chi connectivity index (χ3v) is 3.44. The zero-order valence-electron chi connectivity index (χ0n) is 12.1. The van der Waals surface area contributed by atoms with Crippen LogP contribution < -0.4 is 4.90 Å². The molecule has 5 heteroatoms. The van der Waals surface area contributed by atoms with E-state index in [1.165, 1.54) is 18.8 Å². The fraction of sp³-hybridized carbons (Fsp3) is 0.714. The van der Waals surface area contributed by atoms with Crippen molar-refractivity contribution in [2.45, 2.75) is 27.2 Å². The van der Waals surface area contributed by atoms with Crippen LogP contribution in [0.15, 0.2) is 12.4 Å². The predicted octanol–water partition coefficient (Wildman–Crippen LogP) is 2.17. The Bertz CT molecular complexity index is 391. The molecule has 4 nitrogen and oxygen atoms in total. The van der Waals surface area contributed by atoms with Crippen LogP contribution in [0.1, 0.15) is 27.2 Å². The van der Waals surface area contributed by atoms with E-state index < -0.39 is 0 Å². The van der Waals surface area contributed by atoms with E-state index >= 15 is 0 Å². The Hall–Kier alpha value is -1.23. The molecule has 19 heavy (non-hydrogen) atoms. The first-order valence-corrected chi connectivity index (χ1v) is 6.89. The van der Waals surface area contributed by atoms with Gasteiger partial charge in [-0.2, -0.15) is 0 Å². The number of piperazine rings is 1. The molecule has 2 heterocycles.